The molecule has 1 N–H and O–H groups in total. The number of carbonyl (C=O) groups excluding carboxylic acids is 2. The topological polar surface area (TPSA) is 98.8 Å². The highest BCUT2D eigenvalue weighted by Crippen LogP contribution is 2.37. The Bertz CT molecular complexity index is 978. The van der Waals surface area contributed by atoms with E-state index in [-0.39, 0.29) is 23.7 Å². The third-order valence-electron chi connectivity index (χ3n) is 4.51. The highest BCUT2D eigenvalue weighted by molar-refractivity contribution is 7.91. The van der Waals surface area contributed by atoms with Crippen molar-refractivity contribution in [2.24, 2.45) is 5.92 Å². The molecule has 1 amide bonds. The molecule has 0 bridgehead atoms. The average molecular weight is 424 g/mol. The molecule has 1 aliphatic heterocycles. The number of nitrogens with one attached hydrogen (secondary N) is 1. The minimum atomic E-state index is -3.17. The van der Waals surface area contributed by atoms with Gasteiger partial charge in [-0.15, -0.1) is 11.3 Å². The first kappa shape index (κ1) is 20.3. The molecule has 1 fully saturated rings. The Labute approximate surface area is 167 Å². The minimum Gasteiger partial charge on any atom is -0.497 e. The quantitative estimate of drug-likeness (QED) is 0.717. The van der Waals surface area contributed by atoms with Gasteiger partial charge >= 0.3 is 5.97 Å². The third-order valence-corrected chi connectivity index (χ3v) is 7.17. The maximum absolute atomic E-state index is 12.6. The molecule has 1 saturated heterocycles. The van der Waals surface area contributed by atoms with Gasteiger partial charge < -0.3 is 14.8 Å². The van der Waals surface area contributed by atoms with Crippen LogP contribution in [-0.2, 0) is 19.4 Å². The second kappa shape index (κ2) is 8.32. The SMILES string of the molecule is CCOC(=O)c1c(-c2ccc(OC)cc2)csc1NC(=O)[C@H]1CCS(=O)(=O)C1. The first-order chi connectivity index (χ1) is 13.3. The lowest BCUT2D eigenvalue weighted by Crippen LogP contribution is -2.24. The van der Waals surface area contributed by atoms with Crippen LogP contribution in [0.25, 0.3) is 11.1 Å². The van der Waals surface area contributed by atoms with Crippen LogP contribution in [-0.4, -0.2) is 45.5 Å². The van der Waals surface area contributed by atoms with Crippen LogP contribution in [0, 0.1) is 5.92 Å². The molecule has 28 heavy (non-hydrogen) atoms. The molecule has 0 spiro atoms. The van der Waals surface area contributed by atoms with Crippen molar-refractivity contribution in [3.63, 3.8) is 0 Å². The maximum Gasteiger partial charge on any atom is 0.341 e. The second-order valence-electron chi connectivity index (χ2n) is 6.39. The molecule has 2 heterocycles. The molecule has 1 aromatic heterocycles. The zero-order valence-corrected chi connectivity index (χ0v) is 17.2. The highest BCUT2D eigenvalue weighted by Gasteiger charge is 2.34. The summed E-state index contributed by atoms with van der Waals surface area (Å²) in [6, 6.07) is 7.20. The van der Waals surface area contributed by atoms with E-state index in [9.17, 15) is 18.0 Å². The van der Waals surface area contributed by atoms with Gasteiger partial charge in [-0.3, -0.25) is 4.79 Å². The van der Waals surface area contributed by atoms with Gasteiger partial charge in [-0.1, -0.05) is 12.1 Å². The summed E-state index contributed by atoms with van der Waals surface area (Å²) in [4.78, 5) is 25.1. The van der Waals surface area contributed by atoms with E-state index in [4.69, 9.17) is 9.47 Å². The standard InChI is InChI=1S/C19H21NO6S2/c1-3-26-19(22)16-15(12-4-6-14(25-2)7-5-12)10-27-18(16)20-17(21)13-8-9-28(23,24)11-13/h4-7,10,13H,3,8-9,11H2,1-2H3,(H,20,21)/t13-/m0/s1. The lowest BCUT2D eigenvalue weighted by atomic mass is 10.0. The molecular formula is C19H21NO6S2. The molecule has 0 unspecified atom stereocenters. The van der Waals surface area contributed by atoms with E-state index in [1.165, 1.54) is 11.3 Å². The molecule has 2 aromatic rings. The smallest absolute Gasteiger partial charge is 0.341 e. The lowest BCUT2D eigenvalue weighted by Gasteiger charge is -2.11. The molecule has 0 saturated carbocycles. The van der Waals surface area contributed by atoms with Crippen LogP contribution >= 0.6 is 11.3 Å². The van der Waals surface area contributed by atoms with Crippen LogP contribution in [0.4, 0.5) is 5.00 Å². The summed E-state index contributed by atoms with van der Waals surface area (Å²) in [6.07, 6.45) is 0.291. The number of hydrogen-bond acceptors (Lipinski definition) is 7. The van der Waals surface area contributed by atoms with Crippen LogP contribution in [0.15, 0.2) is 29.6 Å². The Morgan fingerprint density at radius 2 is 1.96 bits per heavy atom. The zero-order chi connectivity index (χ0) is 20.3. The molecular weight excluding hydrogens is 402 g/mol. The van der Waals surface area contributed by atoms with Crippen molar-refractivity contribution >= 4 is 38.1 Å². The van der Waals surface area contributed by atoms with Crippen molar-refractivity contribution in [3.8, 4) is 16.9 Å². The molecule has 1 atom stereocenters. The predicted molar refractivity (Wildman–Crippen MR) is 108 cm³/mol. The monoisotopic (exact) mass is 423 g/mol. The highest BCUT2D eigenvalue weighted by atomic mass is 32.2. The molecule has 3 rings (SSSR count). The van der Waals surface area contributed by atoms with Crippen molar-refractivity contribution in [1.29, 1.82) is 0 Å². The van der Waals surface area contributed by atoms with E-state index in [1.54, 1.807) is 31.5 Å². The van der Waals surface area contributed by atoms with Crippen molar-refractivity contribution in [2.45, 2.75) is 13.3 Å². The van der Waals surface area contributed by atoms with Gasteiger partial charge in [-0.2, -0.15) is 0 Å². The van der Waals surface area contributed by atoms with E-state index in [2.05, 4.69) is 5.32 Å². The number of thiophene rings is 1. The molecule has 150 valence electrons. The largest absolute Gasteiger partial charge is 0.497 e. The Hall–Kier alpha value is -2.39. The fraction of sp³-hybridized carbons (Fsp3) is 0.368. The van der Waals surface area contributed by atoms with Gasteiger partial charge in [0.15, 0.2) is 9.84 Å². The Kier molecular flexibility index (Phi) is 6.04. The molecule has 7 nitrogen and oxygen atoms in total. The summed E-state index contributed by atoms with van der Waals surface area (Å²) in [5.74, 6) is -1.00. The normalized spacial score (nSPS) is 17.9. The third kappa shape index (κ3) is 4.36. The number of benzene rings is 1. The number of rotatable bonds is 6. The Morgan fingerprint density at radius 3 is 2.54 bits per heavy atom. The molecule has 0 aliphatic carbocycles. The summed E-state index contributed by atoms with van der Waals surface area (Å²) in [7, 11) is -1.60. The first-order valence-corrected chi connectivity index (χ1v) is 11.5. The number of methoxy groups -OCH3 is 1. The first-order valence-electron chi connectivity index (χ1n) is 8.79. The predicted octanol–water partition coefficient (Wildman–Crippen LogP) is 2.97. The van der Waals surface area contributed by atoms with Gasteiger partial charge in [-0.05, 0) is 31.0 Å². The lowest BCUT2D eigenvalue weighted by molar-refractivity contribution is -0.119. The van der Waals surface area contributed by atoms with Gasteiger partial charge in [0.25, 0.3) is 0 Å². The van der Waals surface area contributed by atoms with Crippen molar-refractivity contribution in [1.82, 2.24) is 0 Å². The fourth-order valence-corrected chi connectivity index (χ4v) is 5.76. The van der Waals surface area contributed by atoms with Gasteiger partial charge in [0.1, 0.15) is 16.3 Å². The van der Waals surface area contributed by atoms with Gasteiger partial charge in [0.2, 0.25) is 5.91 Å². The molecule has 9 heteroatoms. The van der Waals surface area contributed by atoms with Gasteiger partial charge in [-0.25, -0.2) is 13.2 Å². The Morgan fingerprint density at radius 1 is 1.25 bits per heavy atom. The average Bonchev–Trinajstić information content (AvgIpc) is 3.25. The zero-order valence-electron chi connectivity index (χ0n) is 15.6. The minimum absolute atomic E-state index is 0.0113. The van der Waals surface area contributed by atoms with Crippen LogP contribution in [0.2, 0.25) is 0 Å². The molecule has 1 aromatic carbocycles. The summed E-state index contributed by atoms with van der Waals surface area (Å²) in [6.45, 7) is 1.91. The molecule has 1 aliphatic rings. The number of sulfone groups is 1. The second-order valence-corrected chi connectivity index (χ2v) is 9.50. The summed E-state index contributed by atoms with van der Waals surface area (Å²) in [5.41, 5.74) is 1.69. The van der Waals surface area contributed by atoms with E-state index >= 15 is 0 Å². The van der Waals surface area contributed by atoms with E-state index < -0.39 is 27.6 Å². The number of amides is 1. The van der Waals surface area contributed by atoms with E-state index in [1.807, 2.05) is 12.1 Å². The van der Waals surface area contributed by atoms with E-state index in [0.717, 1.165) is 5.56 Å². The van der Waals surface area contributed by atoms with Crippen molar-refractivity contribution < 1.29 is 27.5 Å². The van der Waals surface area contributed by atoms with Crippen LogP contribution < -0.4 is 10.1 Å². The fourth-order valence-electron chi connectivity index (χ4n) is 3.05. The summed E-state index contributed by atoms with van der Waals surface area (Å²) in [5, 5.41) is 4.86. The van der Waals surface area contributed by atoms with Crippen LogP contribution in [0.5, 0.6) is 5.75 Å². The number of ether oxygens (including phenoxy) is 2. The van der Waals surface area contributed by atoms with E-state index in [0.29, 0.717) is 22.7 Å². The van der Waals surface area contributed by atoms with Crippen LogP contribution in [0.3, 0.4) is 0 Å². The van der Waals surface area contributed by atoms with Gasteiger partial charge in [0, 0.05) is 10.9 Å². The summed E-state index contributed by atoms with van der Waals surface area (Å²) < 4.78 is 33.6. The van der Waals surface area contributed by atoms with Gasteiger partial charge in [0.05, 0.1) is 31.1 Å². The summed E-state index contributed by atoms with van der Waals surface area (Å²) >= 11 is 1.21. The van der Waals surface area contributed by atoms with Crippen molar-refractivity contribution in [2.75, 3.05) is 30.5 Å². The number of esters is 1. The van der Waals surface area contributed by atoms with Crippen molar-refractivity contribution in [3.05, 3.63) is 35.2 Å². The number of anilines is 1. The number of hydrogen-bond donors (Lipinski definition) is 1. The number of carbonyl (C=O) groups is 2. The Balaban J connectivity index is 1.91. The maximum atomic E-state index is 12.6. The van der Waals surface area contributed by atoms with Crippen LogP contribution in [0.1, 0.15) is 23.7 Å². The molecule has 0 radical (unpaired) electrons.